The smallest absolute Gasteiger partial charge is 0.238 e. The highest BCUT2D eigenvalue weighted by atomic mass is 19.1. The number of carbonyl (C=O) groups is 2. The first-order valence-corrected chi connectivity index (χ1v) is 9.68. The highest BCUT2D eigenvalue weighted by molar-refractivity contribution is 5.94. The normalized spacial score (nSPS) is 13.4. The number of nitrogens with zero attached hydrogens (tertiary/aromatic N) is 1. The first-order chi connectivity index (χ1) is 13.8. The lowest BCUT2D eigenvalue weighted by atomic mass is 10.1. The fraction of sp³-hybridized carbons (Fsp3) is 0.364. The molecule has 29 heavy (non-hydrogen) atoms. The summed E-state index contributed by atoms with van der Waals surface area (Å²) in [5.74, 6) is -2.02. The van der Waals surface area contributed by atoms with Crippen molar-refractivity contribution in [2.75, 3.05) is 23.7 Å². The molecular weight excluding hydrogens is 376 g/mol. The molecule has 2 amide bonds. The van der Waals surface area contributed by atoms with Crippen molar-refractivity contribution in [2.45, 2.75) is 39.2 Å². The fourth-order valence-electron chi connectivity index (χ4n) is 3.25. The predicted molar refractivity (Wildman–Crippen MR) is 109 cm³/mol. The molecule has 0 aliphatic heterocycles. The van der Waals surface area contributed by atoms with Crippen molar-refractivity contribution in [1.82, 2.24) is 4.90 Å². The molecule has 1 fully saturated rings. The SMILES string of the molecule is Cc1cccc(C)c1NC(=O)CN(CCC(=O)Nc1ccc(F)cc1F)C1CC1. The van der Waals surface area contributed by atoms with Gasteiger partial charge in [-0.3, -0.25) is 14.5 Å². The summed E-state index contributed by atoms with van der Waals surface area (Å²) in [5.41, 5.74) is 2.76. The number of nitrogens with one attached hydrogen (secondary N) is 2. The first-order valence-electron chi connectivity index (χ1n) is 9.68. The number of aryl methyl sites for hydroxylation is 2. The van der Waals surface area contributed by atoms with Crippen LogP contribution in [0.1, 0.15) is 30.4 Å². The number of rotatable bonds is 8. The average Bonchev–Trinajstić information content (AvgIpc) is 3.49. The number of benzene rings is 2. The third-order valence-corrected chi connectivity index (χ3v) is 4.99. The van der Waals surface area contributed by atoms with Gasteiger partial charge in [0.25, 0.3) is 0 Å². The van der Waals surface area contributed by atoms with Crippen LogP contribution in [0.2, 0.25) is 0 Å². The Morgan fingerprint density at radius 1 is 1.03 bits per heavy atom. The first kappa shape index (κ1) is 20.9. The van der Waals surface area contributed by atoms with E-state index in [1.54, 1.807) is 0 Å². The van der Waals surface area contributed by atoms with Gasteiger partial charge in [0.15, 0.2) is 0 Å². The van der Waals surface area contributed by atoms with Gasteiger partial charge in [0.1, 0.15) is 11.6 Å². The van der Waals surface area contributed by atoms with E-state index in [0.717, 1.165) is 41.8 Å². The number of halogens is 2. The second-order valence-corrected chi connectivity index (χ2v) is 7.44. The van der Waals surface area contributed by atoms with Gasteiger partial charge in [-0.05, 0) is 49.9 Å². The molecule has 2 aromatic rings. The zero-order valence-electron chi connectivity index (χ0n) is 16.6. The summed E-state index contributed by atoms with van der Waals surface area (Å²) in [4.78, 5) is 26.7. The monoisotopic (exact) mass is 401 g/mol. The van der Waals surface area contributed by atoms with Gasteiger partial charge < -0.3 is 10.6 Å². The molecule has 1 saturated carbocycles. The summed E-state index contributed by atoms with van der Waals surface area (Å²) in [6.45, 7) is 4.47. The number of anilines is 2. The highest BCUT2D eigenvalue weighted by Gasteiger charge is 2.30. The Balaban J connectivity index is 1.53. The molecule has 154 valence electrons. The summed E-state index contributed by atoms with van der Waals surface area (Å²) in [6, 6.07) is 9.13. The Morgan fingerprint density at radius 3 is 2.34 bits per heavy atom. The molecule has 5 nitrogen and oxygen atoms in total. The maximum absolute atomic E-state index is 13.7. The number of hydrogen-bond acceptors (Lipinski definition) is 3. The Labute approximate surface area is 169 Å². The summed E-state index contributed by atoms with van der Waals surface area (Å²) in [5, 5.41) is 5.42. The van der Waals surface area contributed by atoms with Crippen molar-refractivity contribution in [3.63, 3.8) is 0 Å². The van der Waals surface area contributed by atoms with E-state index < -0.39 is 11.6 Å². The minimum absolute atomic E-state index is 0.0536. The van der Waals surface area contributed by atoms with Crippen LogP contribution in [0.4, 0.5) is 20.2 Å². The fourth-order valence-corrected chi connectivity index (χ4v) is 3.25. The summed E-state index contributed by atoms with van der Waals surface area (Å²) in [6.07, 6.45) is 2.10. The zero-order valence-corrected chi connectivity index (χ0v) is 16.6. The molecule has 0 radical (unpaired) electrons. The van der Waals surface area contributed by atoms with Gasteiger partial charge in [0.05, 0.1) is 12.2 Å². The Kier molecular flexibility index (Phi) is 6.59. The zero-order chi connectivity index (χ0) is 21.0. The molecule has 0 atom stereocenters. The second-order valence-electron chi connectivity index (χ2n) is 7.44. The average molecular weight is 401 g/mol. The third kappa shape index (κ3) is 5.84. The van der Waals surface area contributed by atoms with Crippen molar-refractivity contribution >= 4 is 23.2 Å². The van der Waals surface area contributed by atoms with Crippen molar-refractivity contribution < 1.29 is 18.4 Å². The molecule has 0 aromatic heterocycles. The van der Waals surface area contributed by atoms with Crippen LogP contribution in [-0.2, 0) is 9.59 Å². The van der Waals surface area contributed by atoms with Crippen molar-refractivity contribution in [3.8, 4) is 0 Å². The molecule has 7 heteroatoms. The Morgan fingerprint density at radius 2 is 1.72 bits per heavy atom. The molecule has 0 spiro atoms. The van der Waals surface area contributed by atoms with Gasteiger partial charge in [-0.2, -0.15) is 0 Å². The summed E-state index contributed by atoms with van der Waals surface area (Å²) < 4.78 is 26.6. The largest absolute Gasteiger partial charge is 0.324 e. The highest BCUT2D eigenvalue weighted by Crippen LogP contribution is 2.27. The molecule has 1 aliphatic rings. The number of carbonyl (C=O) groups excluding carboxylic acids is 2. The standard InChI is InChI=1S/C22H25F2N3O2/c1-14-4-3-5-15(2)22(14)26-21(29)13-27(17-7-8-17)11-10-20(28)25-19-9-6-16(23)12-18(19)24/h3-6,9,12,17H,7-8,10-11,13H2,1-2H3,(H,25,28)(H,26,29). The van der Waals surface area contributed by atoms with Crippen molar-refractivity contribution in [3.05, 3.63) is 59.2 Å². The number of para-hydroxylation sites is 1. The third-order valence-electron chi connectivity index (χ3n) is 4.99. The van der Waals surface area contributed by atoms with E-state index in [9.17, 15) is 18.4 Å². The van der Waals surface area contributed by atoms with Crippen LogP contribution in [0.5, 0.6) is 0 Å². The Bertz CT molecular complexity index is 893. The van der Waals surface area contributed by atoms with E-state index in [0.29, 0.717) is 6.54 Å². The van der Waals surface area contributed by atoms with E-state index in [-0.39, 0.29) is 36.5 Å². The number of amides is 2. The summed E-state index contributed by atoms with van der Waals surface area (Å²) in [7, 11) is 0. The molecule has 1 aliphatic carbocycles. The molecule has 2 N–H and O–H groups in total. The van der Waals surface area contributed by atoms with Crippen molar-refractivity contribution in [1.29, 1.82) is 0 Å². The van der Waals surface area contributed by atoms with Gasteiger partial charge in [0, 0.05) is 30.8 Å². The van der Waals surface area contributed by atoms with Crippen LogP contribution >= 0.6 is 0 Å². The lowest BCUT2D eigenvalue weighted by Gasteiger charge is -2.22. The minimum Gasteiger partial charge on any atom is -0.324 e. The van der Waals surface area contributed by atoms with Gasteiger partial charge >= 0.3 is 0 Å². The molecule has 0 unspecified atom stereocenters. The molecule has 0 bridgehead atoms. The van der Waals surface area contributed by atoms with E-state index in [1.165, 1.54) is 6.07 Å². The maximum Gasteiger partial charge on any atom is 0.238 e. The van der Waals surface area contributed by atoms with Crippen molar-refractivity contribution in [2.24, 2.45) is 0 Å². The van der Waals surface area contributed by atoms with E-state index in [2.05, 4.69) is 10.6 Å². The van der Waals surface area contributed by atoms with E-state index in [1.807, 2.05) is 36.9 Å². The van der Waals surface area contributed by atoms with Gasteiger partial charge in [-0.25, -0.2) is 8.78 Å². The van der Waals surface area contributed by atoms with E-state index in [4.69, 9.17) is 0 Å². The van der Waals surface area contributed by atoms with Crippen LogP contribution in [0.25, 0.3) is 0 Å². The van der Waals surface area contributed by atoms with Crippen LogP contribution in [-0.4, -0.2) is 35.8 Å². The lowest BCUT2D eigenvalue weighted by molar-refractivity contribution is -0.119. The van der Waals surface area contributed by atoms with Crippen LogP contribution in [0.3, 0.4) is 0 Å². The van der Waals surface area contributed by atoms with Gasteiger partial charge in [0.2, 0.25) is 11.8 Å². The quantitative estimate of drug-likeness (QED) is 0.703. The lowest BCUT2D eigenvalue weighted by Crippen LogP contribution is -2.37. The second kappa shape index (κ2) is 9.13. The predicted octanol–water partition coefficient (Wildman–Crippen LogP) is 4.01. The van der Waals surface area contributed by atoms with Gasteiger partial charge in [-0.1, -0.05) is 18.2 Å². The molecular formula is C22H25F2N3O2. The van der Waals surface area contributed by atoms with Crippen LogP contribution < -0.4 is 10.6 Å². The van der Waals surface area contributed by atoms with Gasteiger partial charge in [-0.15, -0.1) is 0 Å². The minimum atomic E-state index is -0.814. The van der Waals surface area contributed by atoms with Crippen LogP contribution in [0.15, 0.2) is 36.4 Å². The molecule has 0 heterocycles. The Hall–Kier alpha value is -2.80. The molecule has 3 rings (SSSR count). The molecule has 2 aromatic carbocycles. The summed E-state index contributed by atoms with van der Waals surface area (Å²) >= 11 is 0. The van der Waals surface area contributed by atoms with E-state index >= 15 is 0 Å². The van der Waals surface area contributed by atoms with Crippen LogP contribution in [0, 0.1) is 25.5 Å². The molecule has 0 saturated heterocycles. The number of hydrogen-bond donors (Lipinski definition) is 2. The maximum atomic E-state index is 13.7. The topological polar surface area (TPSA) is 61.4 Å².